The van der Waals surface area contributed by atoms with Crippen LogP contribution in [0.5, 0.6) is 0 Å². The van der Waals surface area contributed by atoms with Crippen molar-refractivity contribution in [1.29, 1.82) is 0 Å². The number of rotatable bonds is 4. The quantitative estimate of drug-likeness (QED) is 0.860. The molecule has 1 atom stereocenters. The van der Waals surface area contributed by atoms with Crippen LogP contribution in [0.1, 0.15) is 17.5 Å². The van der Waals surface area contributed by atoms with Crippen molar-refractivity contribution >= 4 is 29.0 Å². The predicted octanol–water partition coefficient (Wildman–Crippen LogP) is 2.40. The van der Waals surface area contributed by atoms with Gasteiger partial charge in [0, 0.05) is 23.9 Å². The lowest BCUT2D eigenvalue weighted by Gasteiger charge is -2.23. The van der Waals surface area contributed by atoms with Crippen LogP contribution in [0.4, 0.5) is 4.39 Å². The Hall–Kier alpha value is -0.650. The van der Waals surface area contributed by atoms with Crippen LogP contribution in [0.15, 0.2) is 18.2 Å². The van der Waals surface area contributed by atoms with Gasteiger partial charge in [-0.05, 0) is 36.9 Å². The van der Waals surface area contributed by atoms with Gasteiger partial charge in [-0.2, -0.15) is 11.8 Å². The van der Waals surface area contributed by atoms with Gasteiger partial charge in [0.2, 0.25) is 0 Å². The van der Waals surface area contributed by atoms with Crippen LogP contribution in [0.25, 0.3) is 0 Å². The second-order valence-electron chi connectivity index (χ2n) is 4.61. The van der Waals surface area contributed by atoms with E-state index in [0.717, 1.165) is 12.1 Å². The first kappa shape index (κ1) is 13.8. The molecule has 0 spiro atoms. The van der Waals surface area contributed by atoms with Gasteiger partial charge in [-0.25, -0.2) is 4.39 Å². The highest BCUT2D eigenvalue weighted by Gasteiger charge is 2.20. The Balaban J connectivity index is 2.09. The van der Waals surface area contributed by atoms with E-state index < -0.39 is 0 Å². The van der Waals surface area contributed by atoms with Crippen LogP contribution >= 0.6 is 24.0 Å². The fourth-order valence-corrected chi connectivity index (χ4v) is 3.60. The third-order valence-electron chi connectivity index (χ3n) is 3.26. The van der Waals surface area contributed by atoms with E-state index in [9.17, 15) is 4.39 Å². The monoisotopic (exact) mass is 284 g/mol. The van der Waals surface area contributed by atoms with E-state index in [0.29, 0.717) is 11.6 Å². The summed E-state index contributed by atoms with van der Waals surface area (Å²) in [6.07, 6.45) is 1.23. The molecular weight excluding hydrogens is 267 g/mol. The summed E-state index contributed by atoms with van der Waals surface area (Å²) in [7, 11) is 2.11. The summed E-state index contributed by atoms with van der Waals surface area (Å²) in [6.45, 7) is 0.807. The Bertz CT molecular complexity index is 445. The van der Waals surface area contributed by atoms with E-state index in [2.05, 4.69) is 11.9 Å². The number of hydrogen-bond acceptors (Lipinski definition) is 3. The second-order valence-corrected chi connectivity index (χ2v) is 6.20. The maximum absolute atomic E-state index is 13.5. The average Bonchev–Trinajstić information content (AvgIpc) is 2.85. The predicted molar refractivity (Wildman–Crippen MR) is 79.5 cm³/mol. The van der Waals surface area contributed by atoms with Crippen LogP contribution in [-0.2, 0) is 6.54 Å². The molecule has 0 amide bonds. The molecule has 1 aromatic rings. The Labute approximate surface area is 117 Å². The summed E-state index contributed by atoms with van der Waals surface area (Å²) in [5.41, 5.74) is 6.91. The van der Waals surface area contributed by atoms with Crippen LogP contribution in [0.3, 0.4) is 0 Å². The highest BCUT2D eigenvalue weighted by atomic mass is 32.2. The van der Waals surface area contributed by atoms with Crippen LogP contribution in [0, 0.1) is 5.82 Å². The van der Waals surface area contributed by atoms with Crippen molar-refractivity contribution in [2.24, 2.45) is 5.73 Å². The molecule has 2 nitrogen and oxygen atoms in total. The lowest BCUT2D eigenvalue weighted by atomic mass is 10.1. The van der Waals surface area contributed by atoms with E-state index in [1.807, 2.05) is 11.8 Å². The molecule has 0 radical (unpaired) electrons. The molecule has 1 aromatic carbocycles. The van der Waals surface area contributed by atoms with Crippen molar-refractivity contribution < 1.29 is 4.39 Å². The number of halogens is 1. The molecule has 1 fully saturated rings. The molecule has 0 bridgehead atoms. The Kier molecular flexibility index (Phi) is 4.59. The summed E-state index contributed by atoms with van der Waals surface area (Å²) in [5.74, 6) is 2.07. The van der Waals surface area contributed by atoms with Gasteiger partial charge in [0.15, 0.2) is 0 Å². The van der Waals surface area contributed by atoms with Crippen molar-refractivity contribution in [1.82, 2.24) is 4.90 Å². The maximum atomic E-state index is 13.5. The molecule has 98 valence electrons. The highest BCUT2D eigenvalue weighted by molar-refractivity contribution is 7.99. The molecule has 2 rings (SSSR count). The van der Waals surface area contributed by atoms with Crippen molar-refractivity contribution in [2.75, 3.05) is 18.6 Å². The third kappa shape index (κ3) is 3.22. The van der Waals surface area contributed by atoms with Crippen molar-refractivity contribution in [3.63, 3.8) is 0 Å². The van der Waals surface area contributed by atoms with E-state index in [4.69, 9.17) is 18.0 Å². The largest absolute Gasteiger partial charge is 0.389 e. The molecule has 18 heavy (non-hydrogen) atoms. The zero-order valence-corrected chi connectivity index (χ0v) is 12.0. The van der Waals surface area contributed by atoms with Gasteiger partial charge in [-0.1, -0.05) is 18.3 Å². The lowest BCUT2D eigenvalue weighted by Crippen LogP contribution is -2.31. The number of benzene rings is 1. The zero-order valence-electron chi connectivity index (χ0n) is 10.4. The van der Waals surface area contributed by atoms with Crippen LogP contribution in [0.2, 0.25) is 0 Å². The Morgan fingerprint density at radius 1 is 1.61 bits per heavy atom. The molecular formula is C13H17FN2S2. The summed E-state index contributed by atoms with van der Waals surface area (Å²) >= 11 is 6.84. The summed E-state index contributed by atoms with van der Waals surface area (Å²) < 4.78 is 13.5. The first-order valence-electron chi connectivity index (χ1n) is 5.94. The molecule has 2 N–H and O–H groups in total. The first-order chi connectivity index (χ1) is 8.58. The SMILES string of the molecule is CN(Cc1ccc(F)c(C(N)=S)c1)C1CCSC1. The molecule has 1 heterocycles. The zero-order chi connectivity index (χ0) is 13.1. The van der Waals surface area contributed by atoms with Gasteiger partial charge >= 0.3 is 0 Å². The third-order valence-corrected chi connectivity index (χ3v) is 4.62. The van der Waals surface area contributed by atoms with Gasteiger partial charge in [0.1, 0.15) is 10.8 Å². The smallest absolute Gasteiger partial charge is 0.133 e. The Morgan fingerprint density at radius 2 is 2.39 bits per heavy atom. The minimum atomic E-state index is -0.342. The minimum Gasteiger partial charge on any atom is -0.389 e. The maximum Gasteiger partial charge on any atom is 0.133 e. The normalized spacial score (nSPS) is 19.4. The van der Waals surface area contributed by atoms with Crippen LogP contribution < -0.4 is 5.73 Å². The highest BCUT2D eigenvalue weighted by Crippen LogP contribution is 2.23. The van der Waals surface area contributed by atoms with Gasteiger partial charge in [-0.3, -0.25) is 4.90 Å². The Morgan fingerprint density at radius 3 is 3.00 bits per heavy atom. The standard InChI is InChI=1S/C13H17FN2S2/c1-16(10-4-5-18-8-10)7-9-2-3-12(14)11(6-9)13(15)17/h2-3,6,10H,4-5,7-8H2,1H3,(H2,15,17). The number of thiocarbonyl (C=S) groups is 1. The molecule has 5 heteroatoms. The fraction of sp³-hybridized carbons (Fsp3) is 0.462. The fourth-order valence-electron chi connectivity index (χ4n) is 2.15. The molecule has 0 aliphatic carbocycles. The van der Waals surface area contributed by atoms with Crippen LogP contribution in [-0.4, -0.2) is 34.5 Å². The second kappa shape index (κ2) is 5.99. The van der Waals surface area contributed by atoms with Crippen molar-refractivity contribution in [2.45, 2.75) is 19.0 Å². The van der Waals surface area contributed by atoms with E-state index >= 15 is 0 Å². The summed E-state index contributed by atoms with van der Waals surface area (Å²) in [5, 5.41) is 0. The van der Waals surface area contributed by atoms with Crippen molar-refractivity contribution in [3.05, 3.63) is 35.1 Å². The van der Waals surface area contributed by atoms with E-state index in [1.165, 1.54) is 24.0 Å². The molecule has 0 aromatic heterocycles. The van der Waals surface area contributed by atoms with Gasteiger partial charge < -0.3 is 5.73 Å². The van der Waals surface area contributed by atoms with Gasteiger partial charge in [0.25, 0.3) is 0 Å². The summed E-state index contributed by atoms with van der Waals surface area (Å²) in [4.78, 5) is 2.43. The number of thioether (sulfide) groups is 1. The minimum absolute atomic E-state index is 0.119. The number of nitrogens with zero attached hydrogens (tertiary/aromatic N) is 1. The van der Waals surface area contributed by atoms with Gasteiger partial charge in [0.05, 0.1) is 0 Å². The lowest BCUT2D eigenvalue weighted by molar-refractivity contribution is 0.254. The van der Waals surface area contributed by atoms with Gasteiger partial charge in [-0.15, -0.1) is 0 Å². The molecule has 1 unspecified atom stereocenters. The van der Waals surface area contributed by atoms with E-state index in [1.54, 1.807) is 12.1 Å². The summed E-state index contributed by atoms with van der Waals surface area (Å²) in [6, 6.07) is 5.63. The van der Waals surface area contributed by atoms with E-state index in [-0.39, 0.29) is 10.8 Å². The molecule has 1 aliphatic rings. The molecule has 1 aliphatic heterocycles. The first-order valence-corrected chi connectivity index (χ1v) is 7.50. The van der Waals surface area contributed by atoms with Crippen molar-refractivity contribution in [3.8, 4) is 0 Å². The topological polar surface area (TPSA) is 29.3 Å². The number of hydrogen-bond donors (Lipinski definition) is 1. The average molecular weight is 284 g/mol. The number of nitrogens with two attached hydrogens (primary N) is 1. The molecule has 1 saturated heterocycles. The molecule has 0 saturated carbocycles.